The largest absolute Gasteiger partial charge is 2.00 e. The number of carbonyl (C=O) groups excluding carboxylic acids is 2. The van der Waals surface area contributed by atoms with Crippen LogP contribution in [0.2, 0.25) is 0 Å². The maximum atomic E-state index is 14.0. The van der Waals surface area contributed by atoms with Crippen LogP contribution in [0.1, 0.15) is 195 Å². The molecule has 8 bridgehead atoms. The van der Waals surface area contributed by atoms with E-state index in [2.05, 4.69) is 207 Å². The smallest absolute Gasteiger partial charge is 0.657 e. The number of anilines is 2. The van der Waals surface area contributed by atoms with Gasteiger partial charge in [0.05, 0.1) is 42.6 Å². The van der Waals surface area contributed by atoms with Crippen LogP contribution in [0.25, 0.3) is 97.0 Å². The van der Waals surface area contributed by atoms with Crippen LogP contribution in [-0.2, 0) is 24.3 Å². The molecule has 3 aliphatic heterocycles. The molecule has 12 nitrogen and oxygen atoms in total. The fourth-order valence-corrected chi connectivity index (χ4v) is 15.7. The second-order valence-electron chi connectivity index (χ2n) is 29.5. The Hall–Kier alpha value is -9.58. The van der Waals surface area contributed by atoms with Gasteiger partial charge in [-0.3, -0.25) is 9.59 Å². The van der Waals surface area contributed by atoms with Gasteiger partial charge in [-0.1, -0.05) is 239 Å². The number of carbonyl (C=O) groups is 2. The van der Waals surface area contributed by atoms with E-state index in [1.807, 2.05) is 48.5 Å². The average Bonchev–Trinajstić information content (AvgIpc) is 1.63. The summed E-state index contributed by atoms with van der Waals surface area (Å²) in [5.74, 6) is 4.21. The summed E-state index contributed by atoms with van der Waals surface area (Å²) in [5, 5.41) is 6.05. The van der Waals surface area contributed by atoms with Crippen LogP contribution in [0.5, 0.6) is 17.2 Å². The van der Waals surface area contributed by atoms with Crippen molar-refractivity contribution in [2.24, 2.45) is 23.7 Å². The van der Waals surface area contributed by atoms with Gasteiger partial charge in [0.15, 0.2) is 0 Å². The topological polar surface area (TPSA) is 143 Å². The van der Waals surface area contributed by atoms with Gasteiger partial charge in [-0.2, -0.15) is 0 Å². The summed E-state index contributed by atoms with van der Waals surface area (Å²) in [4.78, 5) is 52.6. The van der Waals surface area contributed by atoms with E-state index in [9.17, 15) is 9.59 Å². The molecular formula is C94H105N7O5Zn. The Morgan fingerprint density at radius 2 is 0.860 bits per heavy atom. The van der Waals surface area contributed by atoms with Crippen molar-refractivity contribution in [2.75, 3.05) is 43.1 Å². The third kappa shape index (κ3) is 19.8. The monoisotopic (exact) mass is 1480 g/mol. The van der Waals surface area contributed by atoms with Crippen molar-refractivity contribution in [2.45, 2.75) is 163 Å². The van der Waals surface area contributed by atoms with Gasteiger partial charge in [0.1, 0.15) is 23.3 Å². The van der Waals surface area contributed by atoms with Gasteiger partial charge in [0.2, 0.25) is 5.91 Å². The van der Waals surface area contributed by atoms with E-state index < -0.39 is 6.04 Å². The van der Waals surface area contributed by atoms with Crippen molar-refractivity contribution in [3.8, 4) is 61.8 Å². The van der Waals surface area contributed by atoms with Crippen LogP contribution >= 0.6 is 0 Å². The molecule has 3 aromatic heterocycles. The standard InChI is InChI=1S/C94H107N7O5.Zn/c1-6-9-12-15-18-24-59-104-76-45-35-69(36-46-76)90-83-53-51-81(97-83)89(68-31-41-74(42-32-68)96-93(102)66(5)95-94(103)72-33-43-75(44-34-72)101-63-79-65(4)62-73(80(79)64-101)30-29-67-27-22-21-23-28-67)82-52-54-84(98-82)91(70-37-47-77(48-38-70)105-60-25-19-16-13-10-7-2)86-56-58-88(100-86)92(87-57-55-85(90)99-87)71-39-49-78(50-40-71)106-61-26-20-17-14-11-8-3;/h21-23,27-58,65-66,73,79-80H,6-20,24-26,59-64H2,1-5H3,(H4,95,96,97,98,99,100,102,103);/q;+2/p-2/b30-29+,89-81?,89-82?,90-83?,90-85?,91-84?,91-86?,92-87?,92-88?;/t65-,66+,73+,79+,80-;/m1./s1. The summed E-state index contributed by atoms with van der Waals surface area (Å²) in [6.07, 6.45) is 35.8. The summed E-state index contributed by atoms with van der Waals surface area (Å²) >= 11 is 0. The van der Waals surface area contributed by atoms with E-state index in [1.165, 1.54) is 89.0 Å². The fourth-order valence-electron chi connectivity index (χ4n) is 15.7. The van der Waals surface area contributed by atoms with Crippen molar-refractivity contribution < 1.29 is 43.3 Å². The number of amides is 2. The van der Waals surface area contributed by atoms with E-state index in [0.717, 1.165) is 153 Å². The van der Waals surface area contributed by atoms with E-state index in [4.69, 9.17) is 34.1 Å². The predicted molar refractivity (Wildman–Crippen MR) is 439 cm³/mol. The molecule has 4 aliphatic rings. The normalized spacial score (nSPS) is 16.0. The molecular weight excluding hydrogens is 1370 g/mol. The number of allylic oxidation sites excluding steroid dienone is 1. The molecule has 2 fully saturated rings. The summed E-state index contributed by atoms with van der Waals surface area (Å²) in [7, 11) is 0. The molecule has 13 heteroatoms. The van der Waals surface area contributed by atoms with Crippen molar-refractivity contribution in [1.29, 1.82) is 0 Å². The second-order valence-corrected chi connectivity index (χ2v) is 29.5. The third-order valence-electron chi connectivity index (χ3n) is 21.7. The first-order valence-corrected chi connectivity index (χ1v) is 39.6. The van der Waals surface area contributed by atoms with Crippen LogP contribution in [0, 0.1) is 23.7 Å². The molecule has 2 amide bonds. The Kier molecular flexibility index (Phi) is 27.6. The van der Waals surface area contributed by atoms with E-state index in [0.29, 0.717) is 66.0 Å². The molecule has 1 saturated heterocycles. The Morgan fingerprint density at radius 3 is 1.27 bits per heavy atom. The van der Waals surface area contributed by atoms with Crippen LogP contribution in [0.4, 0.5) is 11.4 Å². The number of hydrogen-bond acceptors (Lipinski definition) is 8. The zero-order chi connectivity index (χ0) is 73.0. The Bertz CT molecular complexity index is 4600. The minimum Gasteiger partial charge on any atom is -0.657 e. The first-order chi connectivity index (χ1) is 52.1. The van der Waals surface area contributed by atoms with Gasteiger partial charge in [0, 0.05) is 30.0 Å². The first kappa shape index (κ1) is 77.1. The number of nitrogens with one attached hydrogen (secondary N) is 2. The molecule has 0 radical (unpaired) electrons. The number of nitrogens with zero attached hydrogens (tertiary/aromatic N) is 5. The maximum Gasteiger partial charge on any atom is 2.00 e. The minimum atomic E-state index is -0.830. The summed E-state index contributed by atoms with van der Waals surface area (Å²) in [6.45, 7) is 14.9. The molecule has 9 aromatic rings. The quantitative estimate of drug-likeness (QED) is 0.0291. The molecule has 0 unspecified atom stereocenters. The van der Waals surface area contributed by atoms with Gasteiger partial charge in [0.25, 0.3) is 5.91 Å². The number of ether oxygens (including phenoxy) is 3. The summed E-state index contributed by atoms with van der Waals surface area (Å²) < 4.78 is 19.0. The minimum absolute atomic E-state index is 0. The zero-order valence-corrected chi connectivity index (χ0v) is 66.5. The predicted octanol–water partition coefficient (Wildman–Crippen LogP) is 23.0. The van der Waals surface area contributed by atoms with Crippen LogP contribution < -0.4 is 39.7 Å². The van der Waals surface area contributed by atoms with Crippen LogP contribution in [0.3, 0.4) is 0 Å². The number of rotatable bonds is 35. The SMILES string of the molecule is CCCCCCCCOc1ccc(-c2c3nc(c(-c4ccc(OCCCCCCCC)cc4)c4ccc([n-]4)c(-c4ccc(OCCCCCCCC)cc4)c4nc(c(-c5ccc(NC(=O)[C@H](C)NC(=O)c6ccc(N7C[C@@H]8[C@H](C7)[C@@H](/C=C/c7ccccc7)C[C@H]8C)cc6)cc5)c5ccc2[n-]5)C=C4)C=C3)cc1.[Zn+2]. The second kappa shape index (κ2) is 38.3. The molecule has 6 aromatic carbocycles. The third-order valence-corrected chi connectivity index (χ3v) is 21.7. The molecule has 1 saturated carbocycles. The zero-order valence-electron chi connectivity index (χ0n) is 63.5. The Labute approximate surface area is 647 Å². The molecule has 0 spiro atoms. The molecule has 548 valence electrons. The van der Waals surface area contributed by atoms with Crippen molar-refractivity contribution in [3.63, 3.8) is 0 Å². The van der Waals surface area contributed by atoms with Gasteiger partial charge in [-0.15, -0.1) is 22.1 Å². The van der Waals surface area contributed by atoms with Crippen molar-refractivity contribution in [1.82, 2.24) is 25.3 Å². The Morgan fingerprint density at radius 1 is 0.477 bits per heavy atom. The molecule has 1 aliphatic carbocycles. The van der Waals surface area contributed by atoms with Gasteiger partial charge < -0.3 is 39.7 Å². The molecule has 6 heterocycles. The van der Waals surface area contributed by atoms with Gasteiger partial charge in [-0.05, 0) is 203 Å². The molecule has 107 heavy (non-hydrogen) atoms. The van der Waals surface area contributed by atoms with Crippen molar-refractivity contribution in [3.05, 3.63) is 216 Å². The van der Waals surface area contributed by atoms with Gasteiger partial charge >= 0.3 is 19.5 Å². The van der Waals surface area contributed by atoms with E-state index >= 15 is 0 Å². The number of aromatic nitrogens is 4. The van der Waals surface area contributed by atoms with E-state index in [-0.39, 0.29) is 31.3 Å². The van der Waals surface area contributed by atoms with Crippen LogP contribution in [-0.4, -0.2) is 60.7 Å². The van der Waals surface area contributed by atoms with Crippen LogP contribution in [0.15, 0.2) is 182 Å². The summed E-state index contributed by atoms with van der Waals surface area (Å²) in [5.41, 5.74) is 16.5. The number of unbranched alkanes of at least 4 members (excludes halogenated alkanes) is 15. The van der Waals surface area contributed by atoms with Gasteiger partial charge in [-0.25, -0.2) is 9.97 Å². The fraction of sp³-hybridized carbons (Fsp3) is 0.362. The molecule has 13 rings (SSSR count). The average molecular weight is 1480 g/mol. The maximum absolute atomic E-state index is 14.0. The Balaban J connectivity index is 0.0000107. The van der Waals surface area contributed by atoms with E-state index in [1.54, 1.807) is 6.92 Å². The first-order valence-electron chi connectivity index (χ1n) is 39.6. The van der Waals surface area contributed by atoms with Crippen molar-refractivity contribution >= 4 is 75.6 Å². The molecule has 2 N–H and O–H groups in total. The number of fused-ring (bicyclic) bond motifs is 9. The molecule has 5 atom stereocenters. The summed E-state index contributed by atoms with van der Waals surface area (Å²) in [6, 6.07) is 58.8. The number of hydrogen-bond donors (Lipinski definition) is 2. The number of benzene rings is 6.